The molecule has 1 saturated heterocycles. The topological polar surface area (TPSA) is 58.4 Å². The van der Waals surface area contributed by atoms with E-state index in [4.69, 9.17) is 4.98 Å². The molecule has 0 amide bonds. The second kappa shape index (κ2) is 8.44. The van der Waals surface area contributed by atoms with Crippen LogP contribution in [-0.4, -0.2) is 33.5 Å². The first-order valence-corrected chi connectivity index (χ1v) is 12.4. The molecule has 34 heavy (non-hydrogen) atoms. The zero-order chi connectivity index (χ0) is 25.0. The van der Waals surface area contributed by atoms with Crippen molar-refractivity contribution in [1.29, 1.82) is 0 Å². The van der Waals surface area contributed by atoms with Crippen LogP contribution in [0.3, 0.4) is 0 Å². The summed E-state index contributed by atoms with van der Waals surface area (Å²) in [7, 11) is 0. The van der Waals surface area contributed by atoms with Gasteiger partial charge in [0.1, 0.15) is 5.75 Å². The molecule has 5 nitrogen and oxygen atoms in total. The van der Waals surface area contributed by atoms with Crippen molar-refractivity contribution in [1.82, 2.24) is 9.55 Å². The van der Waals surface area contributed by atoms with Crippen LogP contribution >= 0.6 is 0 Å². The van der Waals surface area contributed by atoms with Gasteiger partial charge in [0.15, 0.2) is 5.78 Å². The number of fused-ring (bicyclic) bond motifs is 1. The molecule has 0 atom stereocenters. The normalized spacial score (nSPS) is 14.9. The Bertz CT molecular complexity index is 1210. The van der Waals surface area contributed by atoms with Crippen molar-refractivity contribution in [2.75, 3.05) is 18.0 Å². The second-order valence-electron chi connectivity index (χ2n) is 12.0. The molecule has 1 aliphatic heterocycles. The second-order valence-corrected chi connectivity index (χ2v) is 12.0. The summed E-state index contributed by atoms with van der Waals surface area (Å²) in [6.45, 7) is 18.8. The van der Waals surface area contributed by atoms with E-state index in [1.807, 2.05) is 12.1 Å². The number of carbonyl (C=O) groups is 1. The fourth-order valence-electron chi connectivity index (χ4n) is 4.86. The maximum atomic E-state index is 13.8. The van der Waals surface area contributed by atoms with Crippen molar-refractivity contribution in [2.24, 2.45) is 0 Å². The molecule has 2 aromatic carbocycles. The number of hydrogen-bond acceptors (Lipinski definition) is 4. The Morgan fingerprint density at radius 2 is 1.44 bits per heavy atom. The van der Waals surface area contributed by atoms with Gasteiger partial charge in [-0.05, 0) is 72.9 Å². The van der Waals surface area contributed by atoms with E-state index >= 15 is 0 Å². The highest BCUT2D eigenvalue weighted by Gasteiger charge is 2.29. The molecular weight excluding hydrogens is 422 g/mol. The number of carbonyl (C=O) groups excluding carboxylic acids is 1. The predicted octanol–water partition coefficient (Wildman–Crippen LogP) is 6.44. The first-order valence-electron chi connectivity index (χ1n) is 12.4. The van der Waals surface area contributed by atoms with Gasteiger partial charge in [-0.1, -0.05) is 41.5 Å². The standard InChI is InChI=1S/C29H39N3O2/c1-18-13-23-24(14-19(18)2)32(27(30-23)31-11-9-10-12-31)17-25(33)20-15-21(28(3,4)5)26(34)22(16-20)29(6,7)8/h13-16,34H,9-12,17H2,1-8H3. The Kier molecular flexibility index (Phi) is 6.03. The summed E-state index contributed by atoms with van der Waals surface area (Å²) in [5.74, 6) is 1.22. The highest BCUT2D eigenvalue weighted by molar-refractivity contribution is 5.98. The predicted molar refractivity (Wildman–Crippen MR) is 140 cm³/mol. The van der Waals surface area contributed by atoms with Crippen LogP contribution in [0.4, 0.5) is 5.95 Å². The number of ketones is 1. The molecule has 2 heterocycles. The van der Waals surface area contributed by atoms with Gasteiger partial charge in [-0.25, -0.2) is 4.98 Å². The Balaban J connectivity index is 1.83. The van der Waals surface area contributed by atoms with Gasteiger partial charge in [0, 0.05) is 29.8 Å². The molecule has 182 valence electrons. The van der Waals surface area contributed by atoms with Crippen molar-refractivity contribution in [3.8, 4) is 5.75 Å². The number of imidazole rings is 1. The Hall–Kier alpha value is -2.82. The molecular formula is C29H39N3O2. The number of rotatable bonds is 4. The van der Waals surface area contributed by atoms with Gasteiger partial charge < -0.3 is 14.6 Å². The molecule has 0 saturated carbocycles. The molecule has 1 aromatic heterocycles. The molecule has 0 unspecified atom stereocenters. The Labute approximate surface area is 203 Å². The lowest BCUT2D eigenvalue weighted by atomic mass is 9.78. The summed E-state index contributed by atoms with van der Waals surface area (Å²) in [5.41, 5.74) is 6.05. The van der Waals surface area contributed by atoms with Crippen molar-refractivity contribution in [2.45, 2.75) is 85.6 Å². The third-order valence-electron chi connectivity index (χ3n) is 7.08. The summed E-state index contributed by atoms with van der Waals surface area (Å²) in [5, 5.41) is 11.1. The first kappa shape index (κ1) is 24.3. The van der Waals surface area contributed by atoms with E-state index in [0.29, 0.717) is 11.3 Å². The number of nitrogens with zero attached hydrogens (tertiary/aromatic N) is 3. The van der Waals surface area contributed by atoms with E-state index in [0.717, 1.165) is 54.0 Å². The van der Waals surface area contributed by atoms with Crippen molar-refractivity contribution in [3.05, 3.63) is 52.1 Å². The van der Waals surface area contributed by atoms with Crippen LogP contribution in [0.5, 0.6) is 5.75 Å². The number of anilines is 1. The van der Waals surface area contributed by atoms with E-state index in [1.54, 1.807) is 0 Å². The largest absolute Gasteiger partial charge is 0.507 e. The lowest BCUT2D eigenvalue weighted by molar-refractivity contribution is 0.0973. The van der Waals surface area contributed by atoms with Gasteiger partial charge in [-0.3, -0.25) is 4.79 Å². The monoisotopic (exact) mass is 461 g/mol. The average Bonchev–Trinajstić information content (AvgIpc) is 3.35. The fraction of sp³-hybridized carbons (Fsp3) is 0.517. The fourth-order valence-corrected chi connectivity index (χ4v) is 4.86. The van der Waals surface area contributed by atoms with Crippen molar-refractivity contribution < 1.29 is 9.90 Å². The van der Waals surface area contributed by atoms with Crippen LogP contribution in [0.25, 0.3) is 11.0 Å². The Morgan fingerprint density at radius 1 is 0.912 bits per heavy atom. The van der Waals surface area contributed by atoms with Crippen molar-refractivity contribution >= 4 is 22.8 Å². The van der Waals surface area contributed by atoms with Gasteiger partial charge in [-0.2, -0.15) is 0 Å². The highest BCUT2D eigenvalue weighted by Crippen LogP contribution is 2.40. The SMILES string of the molecule is Cc1cc2nc(N3CCCC3)n(CC(=O)c3cc(C(C)(C)C)c(O)c(C(C)(C)C)c3)c2cc1C. The molecule has 4 rings (SSSR count). The van der Waals surface area contributed by atoms with Gasteiger partial charge >= 0.3 is 0 Å². The smallest absolute Gasteiger partial charge is 0.206 e. The number of hydrogen-bond donors (Lipinski definition) is 1. The lowest BCUT2D eigenvalue weighted by Crippen LogP contribution is -2.24. The third-order valence-corrected chi connectivity index (χ3v) is 7.08. The maximum absolute atomic E-state index is 13.8. The van der Waals surface area contributed by atoms with Gasteiger partial charge in [0.25, 0.3) is 0 Å². The number of aromatic nitrogens is 2. The van der Waals surface area contributed by atoms with Crippen molar-refractivity contribution in [3.63, 3.8) is 0 Å². The van der Waals surface area contributed by atoms with Crippen LogP contribution in [0, 0.1) is 13.8 Å². The molecule has 3 aromatic rings. The number of phenolic OH excluding ortho intramolecular Hbond substituents is 1. The molecule has 1 aliphatic rings. The highest BCUT2D eigenvalue weighted by atomic mass is 16.3. The van der Waals surface area contributed by atoms with Gasteiger partial charge in [0.05, 0.1) is 17.6 Å². The zero-order valence-corrected chi connectivity index (χ0v) is 22.0. The van der Waals surface area contributed by atoms with E-state index in [2.05, 4.69) is 77.0 Å². The molecule has 1 fully saturated rings. The van der Waals surface area contributed by atoms with Gasteiger partial charge in [-0.15, -0.1) is 0 Å². The average molecular weight is 462 g/mol. The van der Waals surface area contributed by atoms with E-state index in [9.17, 15) is 9.90 Å². The van der Waals surface area contributed by atoms with E-state index < -0.39 is 0 Å². The number of aromatic hydroxyl groups is 1. The summed E-state index contributed by atoms with van der Waals surface area (Å²) >= 11 is 0. The number of Topliss-reactive ketones (excluding diaryl/α,β-unsaturated/α-hetero) is 1. The van der Waals surface area contributed by atoms with Crippen LogP contribution in [0.1, 0.15) is 87.0 Å². The Morgan fingerprint density at radius 3 is 1.97 bits per heavy atom. The summed E-state index contributed by atoms with van der Waals surface area (Å²) < 4.78 is 2.09. The van der Waals surface area contributed by atoms with E-state index in [-0.39, 0.29) is 23.2 Å². The summed E-state index contributed by atoms with van der Waals surface area (Å²) in [6.07, 6.45) is 2.30. The summed E-state index contributed by atoms with van der Waals surface area (Å²) in [6, 6.07) is 8.05. The lowest BCUT2D eigenvalue weighted by Gasteiger charge is -2.28. The molecule has 0 bridgehead atoms. The van der Waals surface area contributed by atoms with Crippen LogP contribution in [-0.2, 0) is 17.4 Å². The molecule has 1 N–H and O–H groups in total. The quantitative estimate of drug-likeness (QED) is 0.454. The van der Waals surface area contributed by atoms with Crippen LogP contribution in [0.15, 0.2) is 24.3 Å². The first-order chi connectivity index (χ1) is 15.8. The molecule has 0 aliphatic carbocycles. The number of phenols is 1. The zero-order valence-electron chi connectivity index (χ0n) is 22.0. The van der Waals surface area contributed by atoms with Gasteiger partial charge in [0.2, 0.25) is 5.95 Å². The van der Waals surface area contributed by atoms with Crippen LogP contribution < -0.4 is 4.90 Å². The number of benzene rings is 2. The molecule has 0 radical (unpaired) electrons. The molecule has 0 spiro atoms. The summed E-state index contributed by atoms with van der Waals surface area (Å²) in [4.78, 5) is 21.1. The van der Waals surface area contributed by atoms with E-state index in [1.165, 1.54) is 11.1 Å². The minimum atomic E-state index is -0.280. The maximum Gasteiger partial charge on any atom is 0.206 e. The van der Waals surface area contributed by atoms with Crippen LogP contribution in [0.2, 0.25) is 0 Å². The number of aryl methyl sites for hydroxylation is 2. The minimum absolute atomic E-state index is 0.0361. The minimum Gasteiger partial charge on any atom is -0.507 e. The third kappa shape index (κ3) is 4.45. The molecule has 5 heteroatoms.